The highest BCUT2D eigenvalue weighted by Crippen LogP contribution is 2.65. The van der Waals surface area contributed by atoms with Gasteiger partial charge in [-0.25, -0.2) is 0 Å². The molecule has 1 aromatic carbocycles. The molecule has 0 spiro atoms. The van der Waals surface area contributed by atoms with Gasteiger partial charge in [-0.2, -0.15) is 5.26 Å². The van der Waals surface area contributed by atoms with Crippen LogP contribution in [0.2, 0.25) is 0 Å². The third kappa shape index (κ3) is 3.03. The number of nitrogens with zero attached hydrogens (tertiary/aromatic N) is 1. The second-order valence-electron chi connectivity index (χ2n) is 10.5. The Morgan fingerprint density at radius 3 is 2.74 bits per heavy atom. The molecule has 3 aliphatic carbocycles. The first-order valence-corrected chi connectivity index (χ1v) is 11.7. The van der Waals surface area contributed by atoms with E-state index in [-0.39, 0.29) is 34.6 Å². The number of anilines is 1. The summed E-state index contributed by atoms with van der Waals surface area (Å²) in [6.45, 7) is 4.65. The van der Waals surface area contributed by atoms with E-state index in [0.717, 1.165) is 38.5 Å². The molecule has 3 fully saturated rings. The number of para-hydroxylation sites is 1. The van der Waals surface area contributed by atoms with Gasteiger partial charge in [0.15, 0.2) is 0 Å². The number of hydrogen-bond acceptors (Lipinski definition) is 3. The SMILES string of the molecule is C[C@]12C=CC(=O)N[C@@H]1CC[C@@H]1[C@@H]2CC[C@]2(C)[C@@H](C(=O)Nc3ccccc3C#N)CC[C@@H]12. The summed E-state index contributed by atoms with van der Waals surface area (Å²) < 4.78 is 0. The fourth-order valence-electron chi connectivity index (χ4n) is 7.67. The van der Waals surface area contributed by atoms with Gasteiger partial charge in [-0.1, -0.05) is 32.1 Å². The summed E-state index contributed by atoms with van der Waals surface area (Å²) >= 11 is 0. The average molecular weight is 418 g/mol. The lowest BCUT2D eigenvalue weighted by Crippen LogP contribution is -2.59. The van der Waals surface area contributed by atoms with Crippen LogP contribution in [0.4, 0.5) is 5.69 Å². The fourth-order valence-corrected chi connectivity index (χ4v) is 7.67. The monoisotopic (exact) mass is 417 g/mol. The van der Waals surface area contributed by atoms with Crippen molar-refractivity contribution in [3.8, 4) is 6.07 Å². The van der Waals surface area contributed by atoms with Gasteiger partial charge in [0.1, 0.15) is 6.07 Å². The normalized spacial score (nSPS) is 40.7. The highest BCUT2D eigenvalue weighted by molar-refractivity contribution is 5.94. The van der Waals surface area contributed by atoms with Crippen molar-refractivity contribution < 1.29 is 9.59 Å². The largest absolute Gasteiger partial charge is 0.349 e. The summed E-state index contributed by atoms with van der Waals surface area (Å²) in [5.41, 5.74) is 1.14. The van der Waals surface area contributed by atoms with Crippen molar-refractivity contribution in [3.05, 3.63) is 42.0 Å². The van der Waals surface area contributed by atoms with Crippen LogP contribution in [-0.2, 0) is 9.59 Å². The molecule has 0 radical (unpaired) electrons. The lowest BCUT2D eigenvalue weighted by Gasteiger charge is -2.58. The van der Waals surface area contributed by atoms with Crippen LogP contribution < -0.4 is 10.6 Å². The zero-order chi connectivity index (χ0) is 21.8. The van der Waals surface area contributed by atoms with Crippen molar-refractivity contribution in [2.45, 2.75) is 58.4 Å². The molecule has 1 aliphatic heterocycles. The van der Waals surface area contributed by atoms with E-state index in [9.17, 15) is 14.9 Å². The van der Waals surface area contributed by atoms with E-state index in [1.165, 1.54) is 0 Å². The molecule has 4 aliphatic rings. The quantitative estimate of drug-likeness (QED) is 0.748. The topological polar surface area (TPSA) is 82.0 Å². The number of carbonyl (C=O) groups excluding carboxylic acids is 2. The average Bonchev–Trinajstić information content (AvgIpc) is 3.12. The van der Waals surface area contributed by atoms with Crippen molar-refractivity contribution in [1.82, 2.24) is 5.32 Å². The molecule has 5 nitrogen and oxygen atoms in total. The Hall–Kier alpha value is -2.61. The van der Waals surface area contributed by atoms with Gasteiger partial charge >= 0.3 is 0 Å². The molecule has 3 saturated carbocycles. The number of nitriles is 1. The van der Waals surface area contributed by atoms with Crippen molar-refractivity contribution in [2.75, 3.05) is 5.32 Å². The van der Waals surface area contributed by atoms with E-state index in [2.05, 4.69) is 36.6 Å². The van der Waals surface area contributed by atoms with Gasteiger partial charge in [0.25, 0.3) is 0 Å². The summed E-state index contributed by atoms with van der Waals surface area (Å²) in [5, 5.41) is 15.6. The summed E-state index contributed by atoms with van der Waals surface area (Å²) in [7, 11) is 0. The lowest BCUT2D eigenvalue weighted by atomic mass is 9.48. The number of hydrogen-bond donors (Lipinski definition) is 2. The molecule has 0 bridgehead atoms. The van der Waals surface area contributed by atoms with Gasteiger partial charge in [-0.15, -0.1) is 0 Å². The predicted octanol–water partition coefficient (Wildman–Crippen LogP) is 4.41. The van der Waals surface area contributed by atoms with Gasteiger partial charge in [0.05, 0.1) is 11.3 Å². The predicted molar refractivity (Wildman–Crippen MR) is 119 cm³/mol. The molecule has 162 valence electrons. The van der Waals surface area contributed by atoms with E-state index in [1.807, 2.05) is 18.2 Å². The zero-order valence-corrected chi connectivity index (χ0v) is 18.4. The molecule has 5 heteroatoms. The Labute approximate surface area is 184 Å². The maximum absolute atomic E-state index is 13.4. The third-order valence-electron chi connectivity index (χ3n) is 9.31. The molecule has 5 rings (SSSR count). The molecule has 7 atom stereocenters. The van der Waals surface area contributed by atoms with E-state index in [4.69, 9.17) is 0 Å². The summed E-state index contributed by atoms with van der Waals surface area (Å²) in [4.78, 5) is 25.3. The summed E-state index contributed by atoms with van der Waals surface area (Å²) in [6, 6.07) is 9.65. The minimum atomic E-state index is -0.0164. The van der Waals surface area contributed by atoms with Crippen LogP contribution in [0.25, 0.3) is 0 Å². The lowest BCUT2D eigenvalue weighted by molar-refractivity contribution is -0.129. The van der Waals surface area contributed by atoms with E-state index in [0.29, 0.717) is 29.0 Å². The van der Waals surface area contributed by atoms with Gasteiger partial charge in [-0.05, 0) is 79.9 Å². The number of nitrogens with one attached hydrogen (secondary N) is 2. The molecule has 1 heterocycles. The number of amides is 2. The Kier molecular flexibility index (Phi) is 4.73. The summed E-state index contributed by atoms with van der Waals surface area (Å²) in [6.07, 6.45) is 10.2. The second-order valence-corrected chi connectivity index (χ2v) is 10.5. The smallest absolute Gasteiger partial charge is 0.243 e. The number of rotatable bonds is 2. The second kappa shape index (κ2) is 7.22. The minimum absolute atomic E-state index is 0.00232. The Morgan fingerprint density at radius 1 is 1.13 bits per heavy atom. The third-order valence-corrected chi connectivity index (χ3v) is 9.31. The standard InChI is InChI=1S/C26H31N3O2/c1-25-13-11-19-17(7-10-22-26(19,2)14-12-23(30)29-22)18(25)8-9-20(25)24(31)28-21-6-4-3-5-16(21)15-27/h3-6,12,14,17-20,22H,7-11,13H2,1-2H3,(H,28,31)(H,29,30)/t17-,18-,19-,20+,22+,25-,26+/m0/s1. The minimum Gasteiger partial charge on any atom is -0.349 e. The highest BCUT2D eigenvalue weighted by Gasteiger charge is 2.60. The van der Waals surface area contributed by atoms with Crippen molar-refractivity contribution >= 4 is 17.5 Å². The Balaban J connectivity index is 1.38. The summed E-state index contributed by atoms with van der Waals surface area (Å²) in [5.74, 6) is 1.79. The Bertz CT molecular complexity index is 995. The Morgan fingerprint density at radius 2 is 1.94 bits per heavy atom. The van der Waals surface area contributed by atoms with Crippen LogP contribution in [0.5, 0.6) is 0 Å². The highest BCUT2D eigenvalue weighted by atomic mass is 16.2. The van der Waals surface area contributed by atoms with Crippen LogP contribution in [0.15, 0.2) is 36.4 Å². The van der Waals surface area contributed by atoms with Crippen molar-refractivity contribution in [2.24, 2.45) is 34.5 Å². The maximum Gasteiger partial charge on any atom is 0.243 e. The first-order valence-electron chi connectivity index (χ1n) is 11.7. The molecule has 31 heavy (non-hydrogen) atoms. The van der Waals surface area contributed by atoms with Crippen molar-refractivity contribution in [1.29, 1.82) is 5.26 Å². The van der Waals surface area contributed by atoms with Gasteiger partial charge in [-0.3, -0.25) is 9.59 Å². The maximum atomic E-state index is 13.4. The van der Waals surface area contributed by atoms with E-state index in [1.54, 1.807) is 12.1 Å². The molecule has 2 amide bonds. The first kappa shape index (κ1) is 20.3. The molecular formula is C26H31N3O2. The van der Waals surface area contributed by atoms with Gasteiger partial charge in [0, 0.05) is 17.4 Å². The number of fused-ring (bicyclic) bond motifs is 5. The van der Waals surface area contributed by atoms with E-state index >= 15 is 0 Å². The molecule has 2 N–H and O–H groups in total. The molecule has 0 saturated heterocycles. The van der Waals surface area contributed by atoms with Crippen molar-refractivity contribution in [3.63, 3.8) is 0 Å². The van der Waals surface area contributed by atoms with Crippen LogP contribution in [-0.4, -0.2) is 17.9 Å². The van der Waals surface area contributed by atoms with Crippen LogP contribution in [0, 0.1) is 45.8 Å². The number of benzene rings is 1. The zero-order valence-electron chi connectivity index (χ0n) is 18.4. The van der Waals surface area contributed by atoms with Gasteiger partial charge in [0.2, 0.25) is 11.8 Å². The first-order chi connectivity index (χ1) is 14.9. The fraction of sp³-hybridized carbons (Fsp3) is 0.577. The van der Waals surface area contributed by atoms with Gasteiger partial charge < -0.3 is 10.6 Å². The van der Waals surface area contributed by atoms with Crippen LogP contribution in [0.3, 0.4) is 0 Å². The number of carbonyl (C=O) groups is 2. The molecule has 0 aromatic heterocycles. The molecule has 1 aromatic rings. The van der Waals surface area contributed by atoms with E-state index < -0.39 is 0 Å². The molecular weight excluding hydrogens is 386 g/mol. The molecule has 0 unspecified atom stereocenters. The van der Waals surface area contributed by atoms with Crippen LogP contribution in [0.1, 0.15) is 57.9 Å². The van der Waals surface area contributed by atoms with Crippen LogP contribution >= 0.6 is 0 Å².